The molecular weight excluding hydrogens is 390 g/mol. The van der Waals surface area contributed by atoms with Gasteiger partial charge in [0.05, 0.1) is 11.4 Å². The number of thiazole rings is 1. The van der Waals surface area contributed by atoms with Gasteiger partial charge < -0.3 is 5.73 Å². The summed E-state index contributed by atoms with van der Waals surface area (Å²) in [5.41, 5.74) is 9.48. The first kappa shape index (κ1) is 18.5. The molecule has 0 aliphatic rings. The van der Waals surface area contributed by atoms with E-state index >= 15 is 0 Å². The lowest BCUT2D eigenvalue weighted by atomic mass is 10.1. The van der Waals surface area contributed by atoms with E-state index in [-0.39, 0.29) is 5.91 Å². The van der Waals surface area contributed by atoms with E-state index in [1.165, 1.54) is 22.7 Å². The van der Waals surface area contributed by atoms with Crippen molar-refractivity contribution < 1.29 is 4.79 Å². The molecule has 3 N–H and O–H groups in total. The van der Waals surface area contributed by atoms with E-state index in [9.17, 15) is 4.79 Å². The highest BCUT2D eigenvalue weighted by Crippen LogP contribution is 2.34. The normalized spacial score (nSPS) is 11.0. The maximum atomic E-state index is 12.8. The number of unbranched alkanes of at least 4 members (excludes halogenated alkanes) is 1. The first-order chi connectivity index (χ1) is 13.7. The van der Waals surface area contributed by atoms with Crippen LogP contribution in [0.5, 0.6) is 0 Å². The third kappa shape index (κ3) is 3.74. The largest absolute Gasteiger partial charge is 0.397 e. The van der Waals surface area contributed by atoms with Gasteiger partial charge >= 0.3 is 0 Å². The zero-order valence-electron chi connectivity index (χ0n) is 15.3. The average molecular weight is 410 g/mol. The summed E-state index contributed by atoms with van der Waals surface area (Å²) in [4.78, 5) is 27.2. The summed E-state index contributed by atoms with van der Waals surface area (Å²) < 4.78 is 0. The number of carbonyl (C=O) groups excluding carboxylic acids is 1. The fourth-order valence-corrected chi connectivity index (χ4v) is 4.56. The van der Waals surface area contributed by atoms with Crippen molar-refractivity contribution in [3.63, 3.8) is 0 Å². The minimum atomic E-state index is -0.258. The fraction of sp³-hybridized carbons (Fsp3) is 0.200. The molecule has 8 heteroatoms. The summed E-state index contributed by atoms with van der Waals surface area (Å²) in [5, 5.41) is 6.12. The lowest BCUT2D eigenvalue weighted by Crippen LogP contribution is -2.11. The van der Waals surface area contributed by atoms with Crippen LogP contribution >= 0.6 is 22.7 Å². The van der Waals surface area contributed by atoms with Crippen LogP contribution in [0.4, 0.5) is 10.8 Å². The SMILES string of the molecule is CCCCc1ccc2c(N)c(C(=O)Nc3nc(-c4ccncc4)cs3)sc2n1. The lowest BCUT2D eigenvalue weighted by molar-refractivity contribution is 0.103. The number of fused-ring (bicyclic) bond motifs is 1. The molecule has 4 aromatic rings. The molecular formula is C20H19N5OS2. The van der Waals surface area contributed by atoms with Crippen LogP contribution in [0.3, 0.4) is 0 Å². The van der Waals surface area contributed by atoms with E-state index in [1.54, 1.807) is 12.4 Å². The molecule has 0 atom stereocenters. The van der Waals surface area contributed by atoms with Crippen LogP contribution in [-0.2, 0) is 6.42 Å². The molecule has 0 saturated carbocycles. The number of hydrogen-bond donors (Lipinski definition) is 2. The Morgan fingerprint density at radius 3 is 2.79 bits per heavy atom. The maximum absolute atomic E-state index is 12.8. The predicted molar refractivity (Wildman–Crippen MR) is 116 cm³/mol. The standard InChI is InChI=1S/C20H19N5OS2/c1-2-3-4-13-5-6-14-16(21)17(28-19(14)23-13)18(26)25-20-24-15(11-27-20)12-7-9-22-10-8-12/h5-11H,2-4,21H2,1H3,(H,24,25,26). The number of carbonyl (C=O) groups is 1. The van der Waals surface area contributed by atoms with Crippen molar-refractivity contribution in [3.8, 4) is 11.3 Å². The number of rotatable bonds is 6. The van der Waals surface area contributed by atoms with E-state index < -0.39 is 0 Å². The van der Waals surface area contributed by atoms with Gasteiger partial charge in [-0.25, -0.2) is 9.97 Å². The van der Waals surface area contributed by atoms with Crippen LogP contribution in [0, 0.1) is 0 Å². The number of nitrogen functional groups attached to an aromatic ring is 1. The van der Waals surface area contributed by atoms with Crippen LogP contribution < -0.4 is 11.1 Å². The van der Waals surface area contributed by atoms with Crippen molar-refractivity contribution in [1.29, 1.82) is 0 Å². The molecule has 0 bridgehead atoms. The molecule has 4 heterocycles. The number of anilines is 2. The van der Waals surface area contributed by atoms with Gasteiger partial charge in [0.25, 0.3) is 5.91 Å². The molecule has 0 radical (unpaired) electrons. The summed E-state index contributed by atoms with van der Waals surface area (Å²) in [5.74, 6) is -0.258. The highest BCUT2D eigenvalue weighted by Gasteiger charge is 2.19. The molecule has 0 fully saturated rings. The van der Waals surface area contributed by atoms with Crippen LogP contribution in [0.1, 0.15) is 35.1 Å². The van der Waals surface area contributed by atoms with Gasteiger partial charge in [-0.15, -0.1) is 22.7 Å². The maximum Gasteiger partial charge on any atom is 0.269 e. The smallest absolute Gasteiger partial charge is 0.269 e. The third-order valence-corrected chi connectivity index (χ3v) is 6.22. The second-order valence-corrected chi connectivity index (χ2v) is 8.19. The Morgan fingerprint density at radius 2 is 2.00 bits per heavy atom. The summed E-state index contributed by atoms with van der Waals surface area (Å²) in [6.07, 6.45) is 6.58. The zero-order chi connectivity index (χ0) is 19.5. The molecule has 6 nitrogen and oxygen atoms in total. The molecule has 4 aromatic heterocycles. The Labute approximate surface area is 170 Å². The topological polar surface area (TPSA) is 93.8 Å². The monoisotopic (exact) mass is 409 g/mol. The summed E-state index contributed by atoms with van der Waals surface area (Å²) in [7, 11) is 0. The van der Waals surface area contributed by atoms with Crippen molar-refractivity contribution in [3.05, 3.63) is 52.6 Å². The van der Waals surface area contributed by atoms with Gasteiger partial charge in [-0.3, -0.25) is 15.1 Å². The summed E-state index contributed by atoms with van der Waals surface area (Å²) in [6.45, 7) is 2.16. The minimum absolute atomic E-state index is 0.258. The molecule has 28 heavy (non-hydrogen) atoms. The number of hydrogen-bond acceptors (Lipinski definition) is 7. The molecule has 0 aromatic carbocycles. The van der Waals surface area contributed by atoms with Crippen LogP contribution in [0.2, 0.25) is 0 Å². The van der Waals surface area contributed by atoms with Crippen LogP contribution in [0.25, 0.3) is 21.5 Å². The number of nitrogens with zero attached hydrogens (tertiary/aromatic N) is 3. The predicted octanol–water partition coefficient (Wildman–Crippen LogP) is 4.99. The molecule has 0 saturated heterocycles. The van der Waals surface area contributed by atoms with Crippen LogP contribution in [-0.4, -0.2) is 20.9 Å². The molecule has 4 rings (SSSR count). The van der Waals surface area contributed by atoms with Gasteiger partial charge in [0, 0.05) is 34.4 Å². The minimum Gasteiger partial charge on any atom is -0.397 e. The van der Waals surface area contributed by atoms with E-state index in [4.69, 9.17) is 5.73 Å². The van der Waals surface area contributed by atoms with Gasteiger partial charge in [-0.05, 0) is 37.1 Å². The Morgan fingerprint density at radius 1 is 1.18 bits per heavy atom. The number of amides is 1. The molecule has 0 unspecified atom stereocenters. The van der Waals surface area contributed by atoms with Gasteiger partial charge in [0.1, 0.15) is 9.71 Å². The quantitative estimate of drug-likeness (QED) is 0.468. The van der Waals surface area contributed by atoms with Gasteiger partial charge in [-0.1, -0.05) is 13.3 Å². The number of thiophene rings is 1. The number of pyridine rings is 2. The Kier molecular flexibility index (Phi) is 5.31. The van der Waals surface area contributed by atoms with Crippen molar-refractivity contribution >= 4 is 49.6 Å². The number of aromatic nitrogens is 3. The van der Waals surface area contributed by atoms with Crippen molar-refractivity contribution in [2.45, 2.75) is 26.2 Å². The highest BCUT2D eigenvalue weighted by atomic mass is 32.1. The molecule has 0 spiro atoms. The molecule has 0 aliphatic heterocycles. The molecule has 0 aliphatic carbocycles. The van der Waals surface area contributed by atoms with Gasteiger partial charge in [-0.2, -0.15) is 0 Å². The van der Waals surface area contributed by atoms with E-state index in [0.717, 1.165) is 46.4 Å². The fourth-order valence-electron chi connectivity index (χ4n) is 2.84. The van der Waals surface area contributed by atoms with Gasteiger partial charge in [0.15, 0.2) is 5.13 Å². The first-order valence-electron chi connectivity index (χ1n) is 9.01. The summed E-state index contributed by atoms with van der Waals surface area (Å²) in [6, 6.07) is 7.71. The summed E-state index contributed by atoms with van der Waals surface area (Å²) >= 11 is 2.70. The second-order valence-electron chi connectivity index (χ2n) is 6.33. The molecule has 142 valence electrons. The highest BCUT2D eigenvalue weighted by molar-refractivity contribution is 7.21. The van der Waals surface area contributed by atoms with Crippen molar-refractivity contribution in [1.82, 2.24) is 15.0 Å². The average Bonchev–Trinajstić information content (AvgIpc) is 3.31. The van der Waals surface area contributed by atoms with Crippen molar-refractivity contribution in [2.24, 2.45) is 0 Å². The number of nitrogens with two attached hydrogens (primary N) is 1. The first-order valence-corrected chi connectivity index (χ1v) is 10.7. The Balaban J connectivity index is 1.55. The van der Waals surface area contributed by atoms with E-state index in [0.29, 0.717) is 15.7 Å². The molecule has 1 amide bonds. The number of aryl methyl sites for hydroxylation is 1. The Hall–Kier alpha value is -2.84. The zero-order valence-corrected chi connectivity index (χ0v) is 16.9. The lowest BCUT2D eigenvalue weighted by Gasteiger charge is -2.00. The van der Waals surface area contributed by atoms with E-state index in [1.807, 2.05) is 29.6 Å². The van der Waals surface area contributed by atoms with Gasteiger partial charge in [0.2, 0.25) is 0 Å². The Bertz CT molecular complexity index is 1120. The van der Waals surface area contributed by atoms with Crippen LogP contribution in [0.15, 0.2) is 42.0 Å². The number of nitrogens with one attached hydrogen (secondary N) is 1. The van der Waals surface area contributed by atoms with Crippen molar-refractivity contribution in [2.75, 3.05) is 11.1 Å². The second kappa shape index (κ2) is 8.04. The van der Waals surface area contributed by atoms with E-state index in [2.05, 4.69) is 27.2 Å². The third-order valence-electron chi connectivity index (χ3n) is 4.34.